The molecule has 24 heavy (non-hydrogen) atoms. The van der Waals surface area contributed by atoms with Gasteiger partial charge in [0.1, 0.15) is 6.54 Å². The van der Waals surface area contributed by atoms with E-state index in [1.54, 1.807) is 31.2 Å². The highest BCUT2D eigenvalue weighted by Crippen LogP contribution is 2.30. The van der Waals surface area contributed by atoms with Crippen molar-refractivity contribution in [3.63, 3.8) is 0 Å². The lowest BCUT2D eigenvalue weighted by Crippen LogP contribution is -2.22. The van der Waals surface area contributed by atoms with Gasteiger partial charge in [-0.1, -0.05) is 34.7 Å². The van der Waals surface area contributed by atoms with Gasteiger partial charge in [0.15, 0.2) is 4.34 Å². The van der Waals surface area contributed by atoms with Crippen molar-refractivity contribution in [3.8, 4) is 0 Å². The second-order valence-corrected chi connectivity index (χ2v) is 7.60. The van der Waals surface area contributed by atoms with Gasteiger partial charge in [0.25, 0.3) is 0 Å². The van der Waals surface area contributed by atoms with Gasteiger partial charge in [-0.2, -0.15) is 13.2 Å². The molecular weight excluding hydrogens is 385 g/mol. The van der Waals surface area contributed by atoms with Crippen molar-refractivity contribution in [1.29, 1.82) is 0 Å². The van der Waals surface area contributed by atoms with E-state index in [-0.39, 0.29) is 11.0 Å². The highest BCUT2D eigenvalue weighted by atomic mass is 35.5. The average Bonchev–Trinajstić information content (AvgIpc) is 2.94. The Hall–Kier alpha value is -1.52. The number of rotatable bonds is 6. The van der Waals surface area contributed by atoms with Gasteiger partial charge in [-0.3, -0.25) is 4.79 Å². The van der Waals surface area contributed by atoms with E-state index in [4.69, 9.17) is 11.6 Å². The minimum Gasteiger partial charge on any atom is -0.351 e. The molecule has 0 radical (unpaired) electrons. The zero-order valence-electron chi connectivity index (χ0n) is 12.2. The minimum absolute atomic E-state index is 0.0557. The summed E-state index contributed by atoms with van der Waals surface area (Å²) in [6.45, 7) is 0.485. The van der Waals surface area contributed by atoms with Crippen LogP contribution in [0.5, 0.6) is 0 Å². The number of alkyl halides is 3. The second-order valence-electron chi connectivity index (χ2n) is 4.60. The number of benzene rings is 1. The maximum absolute atomic E-state index is 12.1. The van der Waals surface area contributed by atoms with Crippen LogP contribution in [0, 0.1) is 0 Å². The predicted octanol–water partition coefficient (Wildman–Crippen LogP) is 4.29. The molecule has 0 spiro atoms. The van der Waals surface area contributed by atoms with Gasteiger partial charge in [-0.25, -0.2) is 0 Å². The monoisotopic (exact) mass is 396 g/mol. The summed E-state index contributed by atoms with van der Waals surface area (Å²) in [6, 6.07) is 6.64. The number of nitrogens with zero attached hydrogens (tertiary/aromatic N) is 2. The third-order valence-corrected chi connectivity index (χ3v) is 4.92. The quantitative estimate of drug-likeness (QED) is 0.713. The number of carbonyl (C=O) groups is 1. The fourth-order valence-corrected chi connectivity index (χ4v) is 3.50. The molecule has 11 heteroatoms. The van der Waals surface area contributed by atoms with E-state index in [1.807, 2.05) is 0 Å². The van der Waals surface area contributed by atoms with Crippen LogP contribution in [0.3, 0.4) is 0 Å². The normalized spacial score (nSPS) is 12.7. The standard InChI is InChI=1S/C13H12ClF3N4OS2/c1-7(10(22)19-9-4-2-8(14)3-5-9)23-12-21-20-11(24-12)18-6-13(15,16)17/h2-5,7H,6H2,1H3,(H,18,20)(H,19,22). The first-order chi connectivity index (χ1) is 11.2. The number of halogens is 4. The smallest absolute Gasteiger partial charge is 0.351 e. The summed E-state index contributed by atoms with van der Waals surface area (Å²) in [7, 11) is 0. The first-order valence-electron chi connectivity index (χ1n) is 6.60. The lowest BCUT2D eigenvalue weighted by atomic mass is 10.3. The molecule has 130 valence electrons. The van der Waals surface area contributed by atoms with Crippen LogP contribution in [0.25, 0.3) is 0 Å². The fraction of sp³-hybridized carbons (Fsp3) is 0.308. The summed E-state index contributed by atoms with van der Waals surface area (Å²) >= 11 is 7.84. The zero-order valence-corrected chi connectivity index (χ0v) is 14.6. The zero-order chi connectivity index (χ0) is 17.7. The Morgan fingerprint density at radius 3 is 2.62 bits per heavy atom. The van der Waals surface area contributed by atoms with Gasteiger partial charge in [0.05, 0.1) is 5.25 Å². The van der Waals surface area contributed by atoms with Crippen molar-refractivity contribution in [2.75, 3.05) is 17.2 Å². The summed E-state index contributed by atoms with van der Waals surface area (Å²) in [5.41, 5.74) is 0.599. The minimum atomic E-state index is -4.33. The largest absolute Gasteiger partial charge is 0.405 e. The first kappa shape index (κ1) is 18.8. The number of thioether (sulfide) groups is 1. The van der Waals surface area contributed by atoms with Crippen LogP contribution in [0.4, 0.5) is 24.0 Å². The van der Waals surface area contributed by atoms with Gasteiger partial charge in [0.2, 0.25) is 11.0 Å². The van der Waals surface area contributed by atoms with E-state index < -0.39 is 18.0 Å². The van der Waals surface area contributed by atoms with E-state index in [2.05, 4.69) is 20.8 Å². The van der Waals surface area contributed by atoms with Crippen LogP contribution in [-0.2, 0) is 4.79 Å². The van der Waals surface area contributed by atoms with Crippen LogP contribution in [0.2, 0.25) is 5.02 Å². The molecule has 2 aromatic rings. The predicted molar refractivity (Wildman–Crippen MR) is 89.9 cm³/mol. The molecule has 2 rings (SSSR count). The summed E-state index contributed by atoms with van der Waals surface area (Å²) in [5.74, 6) is -0.262. The van der Waals surface area contributed by atoms with Crippen LogP contribution in [-0.4, -0.2) is 34.1 Å². The molecule has 0 aliphatic heterocycles. The Balaban J connectivity index is 1.87. The first-order valence-corrected chi connectivity index (χ1v) is 8.67. The van der Waals surface area contributed by atoms with Crippen LogP contribution in [0.1, 0.15) is 6.92 Å². The molecule has 0 fully saturated rings. The lowest BCUT2D eigenvalue weighted by Gasteiger charge is -2.10. The maximum atomic E-state index is 12.1. The third kappa shape index (κ3) is 6.17. The Labute approximate surface area is 149 Å². The molecule has 1 unspecified atom stereocenters. The molecule has 0 saturated heterocycles. The van der Waals surface area contributed by atoms with E-state index in [9.17, 15) is 18.0 Å². The summed E-state index contributed by atoms with van der Waals surface area (Å²) in [5, 5.41) is 12.4. The molecule has 0 bridgehead atoms. The number of hydrogen-bond donors (Lipinski definition) is 2. The molecule has 1 aromatic heterocycles. The molecule has 0 aliphatic rings. The lowest BCUT2D eigenvalue weighted by molar-refractivity contribution is -0.116. The van der Waals surface area contributed by atoms with E-state index in [0.717, 1.165) is 23.1 Å². The third-order valence-electron chi connectivity index (χ3n) is 2.61. The number of hydrogen-bond acceptors (Lipinski definition) is 6. The van der Waals surface area contributed by atoms with Gasteiger partial charge < -0.3 is 10.6 Å². The van der Waals surface area contributed by atoms with Crippen molar-refractivity contribution >= 4 is 51.4 Å². The molecule has 1 atom stereocenters. The van der Waals surface area contributed by atoms with Gasteiger partial charge in [-0.05, 0) is 31.2 Å². The fourth-order valence-electron chi connectivity index (χ4n) is 1.49. The van der Waals surface area contributed by atoms with Crippen molar-refractivity contribution in [2.24, 2.45) is 0 Å². The van der Waals surface area contributed by atoms with Crippen molar-refractivity contribution in [3.05, 3.63) is 29.3 Å². The van der Waals surface area contributed by atoms with Crippen molar-refractivity contribution < 1.29 is 18.0 Å². The number of aromatic nitrogens is 2. The highest BCUT2D eigenvalue weighted by molar-refractivity contribution is 8.02. The Kier molecular flexibility index (Phi) is 6.30. The van der Waals surface area contributed by atoms with Crippen LogP contribution in [0.15, 0.2) is 28.6 Å². The van der Waals surface area contributed by atoms with E-state index >= 15 is 0 Å². The Morgan fingerprint density at radius 1 is 1.33 bits per heavy atom. The van der Waals surface area contributed by atoms with Gasteiger partial charge >= 0.3 is 6.18 Å². The molecule has 0 saturated carbocycles. The molecule has 1 aromatic carbocycles. The van der Waals surface area contributed by atoms with Crippen LogP contribution < -0.4 is 10.6 Å². The van der Waals surface area contributed by atoms with Crippen LogP contribution >= 0.6 is 34.7 Å². The molecule has 1 heterocycles. The SMILES string of the molecule is CC(Sc1nnc(NCC(F)(F)F)s1)C(=O)Nc1ccc(Cl)cc1. The number of anilines is 2. The van der Waals surface area contributed by atoms with Crippen molar-refractivity contribution in [1.82, 2.24) is 10.2 Å². The number of carbonyl (C=O) groups excluding carboxylic acids is 1. The molecule has 2 N–H and O–H groups in total. The topological polar surface area (TPSA) is 66.9 Å². The highest BCUT2D eigenvalue weighted by Gasteiger charge is 2.27. The van der Waals surface area contributed by atoms with E-state index in [0.29, 0.717) is 15.0 Å². The summed E-state index contributed by atoms with van der Waals surface area (Å²) in [6.07, 6.45) is -4.33. The summed E-state index contributed by atoms with van der Waals surface area (Å²) in [4.78, 5) is 12.1. The molecule has 1 amide bonds. The van der Waals surface area contributed by atoms with Crippen molar-refractivity contribution in [2.45, 2.75) is 22.7 Å². The van der Waals surface area contributed by atoms with Gasteiger partial charge in [0, 0.05) is 10.7 Å². The second kappa shape index (κ2) is 8.04. The van der Waals surface area contributed by atoms with Gasteiger partial charge in [-0.15, -0.1) is 10.2 Å². The number of nitrogens with one attached hydrogen (secondary N) is 2. The Morgan fingerprint density at radius 2 is 2.00 bits per heavy atom. The maximum Gasteiger partial charge on any atom is 0.405 e. The molecule has 5 nitrogen and oxygen atoms in total. The molecular formula is C13H12ClF3N4OS2. The summed E-state index contributed by atoms with van der Waals surface area (Å²) < 4.78 is 36.8. The molecule has 0 aliphatic carbocycles. The van der Waals surface area contributed by atoms with E-state index in [1.165, 1.54) is 0 Å². The number of amides is 1. The Bertz CT molecular complexity index is 693. The average molecular weight is 397 g/mol.